The maximum absolute atomic E-state index is 13.4. The molecule has 11 heteroatoms. The number of nitrogens with zero attached hydrogens (tertiary/aromatic N) is 2. The molecule has 2 rings (SSSR count). The summed E-state index contributed by atoms with van der Waals surface area (Å²) in [6.07, 6.45) is 0. The fourth-order valence-electron chi connectivity index (χ4n) is 3.59. The molecule has 0 fully saturated rings. The minimum atomic E-state index is -4.18. The van der Waals surface area contributed by atoms with Crippen LogP contribution in [0.1, 0.15) is 38.8 Å². The van der Waals surface area contributed by atoms with E-state index in [4.69, 9.17) is 0 Å². The molecule has 0 bridgehead atoms. The van der Waals surface area contributed by atoms with E-state index in [2.05, 4.69) is 0 Å². The number of hydrogen-bond donors (Lipinski definition) is 0. The quantitative estimate of drug-likeness (QED) is 0.480. The number of sulfonamides is 2. The van der Waals surface area contributed by atoms with Crippen molar-refractivity contribution in [2.24, 2.45) is 0 Å². The number of aryl methyl sites for hydroxylation is 2. The van der Waals surface area contributed by atoms with E-state index in [-0.39, 0.29) is 45.8 Å². The Hall–Kier alpha value is -1.79. The van der Waals surface area contributed by atoms with Crippen LogP contribution >= 0.6 is 0 Å². The predicted octanol–water partition coefficient (Wildman–Crippen LogP) is 3.20. The van der Waals surface area contributed by atoms with E-state index in [9.17, 15) is 25.3 Å². The molecule has 0 unspecified atom stereocenters. The van der Waals surface area contributed by atoms with Crippen molar-refractivity contribution in [3.63, 3.8) is 0 Å². The summed E-state index contributed by atoms with van der Waals surface area (Å²) >= 11 is 0. The fourth-order valence-corrected chi connectivity index (χ4v) is 8.47. The zero-order chi connectivity index (χ0) is 25.2. The van der Waals surface area contributed by atoms with E-state index in [0.717, 1.165) is 12.1 Å². The molecule has 0 atom stereocenters. The predicted molar refractivity (Wildman–Crippen MR) is 128 cm³/mol. The third-order valence-corrected chi connectivity index (χ3v) is 11.7. The zero-order valence-electron chi connectivity index (χ0n) is 19.9. The molecule has 0 radical (unpaired) electrons. The third kappa shape index (κ3) is 5.17. The Balaban J connectivity index is 2.70. The van der Waals surface area contributed by atoms with Gasteiger partial charge in [-0.1, -0.05) is 39.8 Å². The van der Waals surface area contributed by atoms with Crippen LogP contribution < -0.4 is 0 Å². The van der Waals surface area contributed by atoms with Gasteiger partial charge in [0, 0.05) is 26.2 Å². The smallest absolute Gasteiger partial charge is 0.219 e. The highest BCUT2D eigenvalue weighted by molar-refractivity contribution is 7.92. The molecule has 0 heterocycles. The van der Waals surface area contributed by atoms with Crippen LogP contribution in [-0.4, -0.2) is 60.0 Å². The van der Waals surface area contributed by atoms with E-state index >= 15 is 0 Å². The van der Waals surface area contributed by atoms with Crippen LogP contribution in [0.2, 0.25) is 0 Å². The average molecular weight is 517 g/mol. The van der Waals surface area contributed by atoms with Crippen molar-refractivity contribution in [2.45, 2.75) is 61.1 Å². The molecule has 2 aromatic carbocycles. The van der Waals surface area contributed by atoms with Crippen LogP contribution in [0.15, 0.2) is 56.0 Å². The summed E-state index contributed by atoms with van der Waals surface area (Å²) in [5, 5.41) is 0. The molecule has 0 saturated heterocycles. The molecule has 0 aliphatic carbocycles. The standard InChI is InChI=1S/C22H32N2O6S3/c1-7-23(8-2)32(27,28)21-15-19(13-11-17(21)5)31(25,26)20-14-12-18(6)22(16-20)33(29,30)24(9-3)10-4/h11-16H,7-10H2,1-6H3. The minimum absolute atomic E-state index is 0.0876. The van der Waals surface area contributed by atoms with Crippen molar-refractivity contribution in [3.05, 3.63) is 47.5 Å². The summed E-state index contributed by atoms with van der Waals surface area (Å²) in [6.45, 7) is 11.0. The van der Waals surface area contributed by atoms with Gasteiger partial charge < -0.3 is 0 Å². The van der Waals surface area contributed by atoms with E-state index in [1.165, 1.54) is 32.9 Å². The fraction of sp³-hybridized carbons (Fsp3) is 0.455. The van der Waals surface area contributed by atoms with Gasteiger partial charge >= 0.3 is 0 Å². The van der Waals surface area contributed by atoms with Crippen LogP contribution in [0.3, 0.4) is 0 Å². The van der Waals surface area contributed by atoms with Crippen LogP contribution in [0, 0.1) is 13.8 Å². The molecular weight excluding hydrogens is 484 g/mol. The van der Waals surface area contributed by atoms with E-state index in [1.54, 1.807) is 41.5 Å². The van der Waals surface area contributed by atoms with Gasteiger partial charge in [-0.25, -0.2) is 25.3 Å². The highest BCUT2D eigenvalue weighted by Crippen LogP contribution is 2.30. The summed E-state index contributed by atoms with van der Waals surface area (Å²) < 4.78 is 81.5. The summed E-state index contributed by atoms with van der Waals surface area (Å²) in [5.74, 6) is 0. The second-order valence-electron chi connectivity index (χ2n) is 7.54. The Morgan fingerprint density at radius 1 is 0.576 bits per heavy atom. The molecule has 0 aliphatic rings. The first-order valence-electron chi connectivity index (χ1n) is 10.8. The van der Waals surface area contributed by atoms with Crippen molar-refractivity contribution < 1.29 is 25.3 Å². The highest BCUT2D eigenvalue weighted by atomic mass is 32.2. The van der Waals surface area contributed by atoms with Crippen LogP contribution in [0.25, 0.3) is 0 Å². The molecular formula is C22H32N2O6S3. The monoisotopic (exact) mass is 516 g/mol. The Morgan fingerprint density at radius 2 is 0.879 bits per heavy atom. The van der Waals surface area contributed by atoms with Crippen molar-refractivity contribution in [3.8, 4) is 0 Å². The van der Waals surface area contributed by atoms with Gasteiger partial charge in [0.2, 0.25) is 29.9 Å². The normalized spacial score (nSPS) is 13.1. The van der Waals surface area contributed by atoms with Gasteiger partial charge in [-0.05, 0) is 49.2 Å². The zero-order valence-corrected chi connectivity index (χ0v) is 22.3. The minimum Gasteiger partial charge on any atom is -0.219 e. The van der Waals surface area contributed by atoms with E-state index in [1.807, 2.05) is 0 Å². The average Bonchev–Trinajstić information content (AvgIpc) is 2.75. The highest BCUT2D eigenvalue weighted by Gasteiger charge is 2.29. The summed E-state index contributed by atoms with van der Waals surface area (Å²) in [4.78, 5) is -0.603. The first kappa shape index (κ1) is 27.5. The van der Waals surface area contributed by atoms with Crippen molar-refractivity contribution in [1.29, 1.82) is 0 Å². The number of hydrogen-bond acceptors (Lipinski definition) is 6. The lowest BCUT2D eigenvalue weighted by Crippen LogP contribution is -2.31. The maximum atomic E-state index is 13.4. The lowest BCUT2D eigenvalue weighted by Gasteiger charge is -2.21. The molecule has 184 valence electrons. The second-order valence-corrected chi connectivity index (χ2v) is 13.3. The summed E-state index contributed by atoms with van der Waals surface area (Å²) in [7, 11) is -12.0. The van der Waals surface area contributed by atoms with Crippen LogP contribution in [0.4, 0.5) is 0 Å². The SMILES string of the molecule is CCN(CC)S(=O)(=O)c1cc(S(=O)(=O)c2ccc(C)c(S(=O)(=O)N(CC)CC)c2)ccc1C. The second kappa shape index (κ2) is 10.2. The number of benzene rings is 2. The van der Waals surface area contributed by atoms with E-state index < -0.39 is 29.9 Å². The Morgan fingerprint density at radius 3 is 1.15 bits per heavy atom. The van der Waals surface area contributed by atoms with Crippen molar-refractivity contribution in [1.82, 2.24) is 8.61 Å². The number of sulfone groups is 1. The third-order valence-electron chi connectivity index (χ3n) is 5.59. The molecule has 0 spiro atoms. The summed E-state index contributed by atoms with van der Waals surface area (Å²) in [6, 6.07) is 7.87. The van der Waals surface area contributed by atoms with Crippen molar-refractivity contribution >= 4 is 29.9 Å². The first-order chi connectivity index (χ1) is 15.3. The topological polar surface area (TPSA) is 109 Å². The molecule has 0 N–H and O–H groups in total. The largest absolute Gasteiger partial charge is 0.243 e. The molecule has 0 aliphatic heterocycles. The summed E-state index contributed by atoms with van der Waals surface area (Å²) in [5.41, 5.74) is 0.851. The Bertz CT molecular complexity index is 1230. The maximum Gasteiger partial charge on any atom is 0.243 e. The molecule has 2 aromatic rings. The van der Waals surface area contributed by atoms with Gasteiger partial charge in [-0.15, -0.1) is 0 Å². The van der Waals surface area contributed by atoms with Gasteiger partial charge in [-0.3, -0.25) is 0 Å². The van der Waals surface area contributed by atoms with Gasteiger partial charge in [0.1, 0.15) is 0 Å². The number of rotatable bonds is 10. The van der Waals surface area contributed by atoms with Gasteiger partial charge in [0.25, 0.3) is 0 Å². The van der Waals surface area contributed by atoms with E-state index in [0.29, 0.717) is 11.1 Å². The molecule has 0 aromatic heterocycles. The molecule has 0 amide bonds. The molecule has 0 saturated carbocycles. The Kier molecular flexibility index (Phi) is 8.51. The Labute approximate surface area is 198 Å². The van der Waals surface area contributed by atoms with Crippen LogP contribution in [0.5, 0.6) is 0 Å². The molecule has 8 nitrogen and oxygen atoms in total. The lowest BCUT2D eigenvalue weighted by atomic mass is 10.2. The van der Waals surface area contributed by atoms with Crippen LogP contribution in [-0.2, 0) is 29.9 Å². The van der Waals surface area contributed by atoms with Crippen molar-refractivity contribution in [2.75, 3.05) is 26.2 Å². The lowest BCUT2D eigenvalue weighted by molar-refractivity contribution is 0.444. The molecule has 33 heavy (non-hydrogen) atoms. The first-order valence-corrected chi connectivity index (χ1v) is 15.1. The van der Waals surface area contributed by atoms with Gasteiger partial charge in [0.05, 0.1) is 19.6 Å². The van der Waals surface area contributed by atoms with Gasteiger partial charge in [0.15, 0.2) is 0 Å². The van der Waals surface area contributed by atoms with Gasteiger partial charge in [-0.2, -0.15) is 8.61 Å².